The molecule has 0 atom stereocenters. The third-order valence-corrected chi connectivity index (χ3v) is 6.82. The molecule has 0 bridgehead atoms. The Kier molecular flexibility index (Phi) is 7.02. The van der Waals surface area contributed by atoms with Crippen molar-refractivity contribution in [2.75, 3.05) is 10.8 Å². The number of carbonyl (C=O) groups excluding carboxylic acids is 1. The molecule has 5 nitrogen and oxygen atoms in total. The van der Waals surface area contributed by atoms with Crippen LogP contribution in [0.4, 0.5) is 5.69 Å². The molecule has 0 aromatic heterocycles. The highest BCUT2D eigenvalue weighted by atomic mass is 35.5. The Morgan fingerprint density at radius 1 is 0.967 bits per heavy atom. The van der Waals surface area contributed by atoms with E-state index in [-0.39, 0.29) is 11.4 Å². The van der Waals surface area contributed by atoms with Gasteiger partial charge in [-0.05, 0) is 48.9 Å². The van der Waals surface area contributed by atoms with Crippen molar-refractivity contribution in [1.82, 2.24) is 5.32 Å². The Morgan fingerprint density at radius 2 is 1.67 bits per heavy atom. The van der Waals surface area contributed by atoms with Crippen molar-refractivity contribution in [1.29, 1.82) is 0 Å². The van der Waals surface area contributed by atoms with Gasteiger partial charge in [0, 0.05) is 16.6 Å². The van der Waals surface area contributed by atoms with E-state index in [4.69, 9.17) is 23.2 Å². The Balaban J connectivity index is 1.87. The van der Waals surface area contributed by atoms with Gasteiger partial charge in [-0.2, -0.15) is 0 Å². The van der Waals surface area contributed by atoms with Crippen molar-refractivity contribution in [2.24, 2.45) is 0 Å². The van der Waals surface area contributed by atoms with Gasteiger partial charge in [0.2, 0.25) is 5.91 Å². The Morgan fingerprint density at radius 3 is 2.33 bits per heavy atom. The Bertz CT molecular complexity index is 1150. The summed E-state index contributed by atoms with van der Waals surface area (Å²) >= 11 is 12.2. The largest absolute Gasteiger partial charge is 0.350 e. The number of amides is 1. The maximum atomic E-state index is 13.3. The van der Waals surface area contributed by atoms with Crippen molar-refractivity contribution >= 4 is 44.8 Å². The zero-order chi connectivity index (χ0) is 21.7. The summed E-state index contributed by atoms with van der Waals surface area (Å²) in [6.45, 7) is 1.65. The molecule has 0 aliphatic rings. The van der Waals surface area contributed by atoms with E-state index in [0.717, 1.165) is 15.4 Å². The second-order valence-electron chi connectivity index (χ2n) is 6.67. The number of nitrogens with zero attached hydrogens (tertiary/aromatic N) is 1. The van der Waals surface area contributed by atoms with Gasteiger partial charge >= 0.3 is 0 Å². The van der Waals surface area contributed by atoms with Gasteiger partial charge in [0.25, 0.3) is 10.0 Å². The summed E-state index contributed by atoms with van der Waals surface area (Å²) < 4.78 is 27.6. The van der Waals surface area contributed by atoms with Gasteiger partial charge in [0.15, 0.2) is 0 Å². The second kappa shape index (κ2) is 9.51. The molecule has 1 N–H and O–H groups in total. The first-order chi connectivity index (χ1) is 14.3. The molecule has 0 saturated heterocycles. The molecule has 0 spiro atoms. The monoisotopic (exact) mass is 462 g/mol. The van der Waals surface area contributed by atoms with Gasteiger partial charge in [-0.25, -0.2) is 8.42 Å². The molecule has 3 rings (SSSR count). The smallest absolute Gasteiger partial charge is 0.264 e. The summed E-state index contributed by atoms with van der Waals surface area (Å²) in [5, 5.41) is 3.62. The van der Waals surface area contributed by atoms with Crippen molar-refractivity contribution in [2.45, 2.75) is 18.4 Å². The molecule has 0 heterocycles. The highest BCUT2D eigenvalue weighted by Gasteiger charge is 2.27. The molecule has 0 aliphatic heterocycles. The fourth-order valence-electron chi connectivity index (χ4n) is 2.81. The molecule has 0 saturated carbocycles. The van der Waals surface area contributed by atoms with Gasteiger partial charge in [-0.3, -0.25) is 9.10 Å². The summed E-state index contributed by atoms with van der Waals surface area (Å²) in [4.78, 5) is 12.7. The lowest BCUT2D eigenvalue weighted by atomic mass is 10.2. The molecule has 0 aliphatic carbocycles. The quantitative estimate of drug-likeness (QED) is 0.547. The molecule has 3 aromatic carbocycles. The van der Waals surface area contributed by atoms with Crippen molar-refractivity contribution in [3.05, 3.63) is 94.0 Å². The van der Waals surface area contributed by atoms with Gasteiger partial charge in [-0.1, -0.05) is 65.2 Å². The topological polar surface area (TPSA) is 66.5 Å². The van der Waals surface area contributed by atoms with Gasteiger partial charge in [0.05, 0.1) is 10.6 Å². The fourth-order valence-corrected chi connectivity index (χ4v) is 4.61. The Hall–Kier alpha value is -2.54. The van der Waals surface area contributed by atoms with Crippen LogP contribution in [-0.2, 0) is 21.4 Å². The number of aryl methyl sites for hydroxylation is 1. The van der Waals surface area contributed by atoms with Gasteiger partial charge in [0.1, 0.15) is 6.54 Å². The number of nitrogens with one attached hydrogen (secondary N) is 1. The number of sulfonamides is 1. The van der Waals surface area contributed by atoms with Crippen molar-refractivity contribution < 1.29 is 13.2 Å². The normalized spacial score (nSPS) is 11.2. The van der Waals surface area contributed by atoms with Gasteiger partial charge < -0.3 is 5.32 Å². The van der Waals surface area contributed by atoms with E-state index in [1.165, 1.54) is 18.2 Å². The summed E-state index contributed by atoms with van der Waals surface area (Å²) in [5.74, 6) is -0.467. The van der Waals surface area contributed by atoms with Crippen LogP contribution in [0.25, 0.3) is 0 Å². The molecule has 8 heteroatoms. The number of rotatable bonds is 7. The molecule has 156 valence electrons. The molecular formula is C22H20Cl2N2O3S. The van der Waals surface area contributed by atoms with Crippen molar-refractivity contribution in [3.8, 4) is 0 Å². The number of anilines is 1. The maximum absolute atomic E-state index is 13.3. The minimum atomic E-state index is -3.99. The first-order valence-corrected chi connectivity index (χ1v) is 11.3. The van der Waals surface area contributed by atoms with Crippen LogP contribution >= 0.6 is 23.2 Å². The molecular weight excluding hydrogens is 443 g/mol. The van der Waals surface area contributed by atoms with Gasteiger partial charge in [-0.15, -0.1) is 0 Å². The zero-order valence-corrected chi connectivity index (χ0v) is 18.5. The van der Waals surface area contributed by atoms with Crippen LogP contribution < -0.4 is 9.62 Å². The highest BCUT2D eigenvalue weighted by Crippen LogP contribution is 2.26. The minimum Gasteiger partial charge on any atom is -0.350 e. The lowest BCUT2D eigenvalue weighted by Crippen LogP contribution is -2.40. The number of hydrogen-bond acceptors (Lipinski definition) is 3. The highest BCUT2D eigenvalue weighted by molar-refractivity contribution is 7.92. The maximum Gasteiger partial charge on any atom is 0.264 e. The molecule has 1 amide bonds. The predicted molar refractivity (Wildman–Crippen MR) is 120 cm³/mol. The van der Waals surface area contributed by atoms with Crippen LogP contribution in [0.15, 0.2) is 77.7 Å². The van der Waals surface area contributed by atoms with E-state index >= 15 is 0 Å². The summed E-state index contributed by atoms with van der Waals surface area (Å²) in [5.41, 5.74) is 1.97. The van der Waals surface area contributed by atoms with Crippen LogP contribution in [0.3, 0.4) is 0 Å². The zero-order valence-electron chi connectivity index (χ0n) is 16.2. The molecule has 3 aromatic rings. The first kappa shape index (κ1) is 22.2. The molecule has 0 fully saturated rings. The summed E-state index contributed by atoms with van der Waals surface area (Å²) in [6, 6.07) is 20.0. The van der Waals surface area contributed by atoms with E-state index < -0.39 is 22.5 Å². The number of benzene rings is 3. The minimum absolute atomic E-state index is 0.0898. The predicted octanol–water partition coefficient (Wildman–Crippen LogP) is 4.81. The second-order valence-corrected chi connectivity index (χ2v) is 9.38. The SMILES string of the molecule is Cc1ccc(S(=O)(=O)N(CC(=O)NCc2ccccc2Cl)c2cccc(Cl)c2)cc1. The third-order valence-electron chi connectivity index (χ3n) is 4.43. The lowest BCUT2D eigenvalue weighted by Gasteiger charge is -2.24. The third kappa shape index (κ3) is 5.33. The standard InChI is InChI=1S/C22H20Cl2N2O3S/c1-16-9-11-20(12-10-16)30(28,29)26(19-7-4-6-18(23)13-19)15-22(27)25-14-17-5-2-3-8-21(17)24/h2-13H,14-15H2,1H3,(H,25,27). The van der Waals surface area contributed by atoms with Crippen LogP contribution in [0, 0.1) is 6.92 Å². The van der Waals surface area contributed by atoms with E-state index in [9.17, 15) is 13.2 Å². The van der Waals surface area contributed by atoms with Crippen LogP contribution in [0.1, 0.15) is 11.1 Å². The number of hydrogen-bond donors (Lipinski definition) is 1. The summed E-state index contributed by atoms with van der Waals surface area (Å²) in [7, 11) is -3.99. The number of carbonyl (C=O) groups is 1. The van der Waals surface area contributed by atoms with Crippen molar-refractivity contribution in [3.63, 3.8) is 0 Å². The van der Waals surface area contributed by atoms with E-state index in [1.54, 1.807) is 48.5 Å². The van der Waals surface area contributed by atoms with E-state index in [0.29, 0.717) is 15.7 Å². The first-order valence-electron chi connectivity index (χ1n) is 9.12. The molecule has 0 unspecified atom stereocenters. The average molecular weight is 463 g/mol. The van der Waals surface area contributed by atoms with Crippen LogP contribution in [0.5, 0.6) is 0 Å². The number of halogens is 2. The average Bonchev–Trinajstić information content (AvgIpc) is 2.71. The Labute approximate surface area is 186 Å². The van der Waals surface area contributed by atoms with Crippen LogP contribution in [-0.4, -0.2) is 20.9 Å². The van der Waals surface area contributed by atoms with Crippen LogP contribution in [0.2, 0.25) is 10.0 Å². The summed E-state index contributed by atoms with van der Waals surface area (Å²) in [6.07, 6.45) is 0. The molecule has 30 heavy (non-hydrogen) atoms. The lowest BCUT2D eigenvalue weighted by molar-refractivity contribution is -0.119. The van der Waals surface area contributed by atoms with E-state index in [2.05, 4.69) is 5.32 Å². The van der Waals surface area contributed by atoms with E-state index in [1.807, 2.05) is 13.0 Å². The fraction of sp³-hybridized carbons (Fsp3) is 0.136. The molecule has 0 radical (unpaired) electrons.